The summed E-state index contributed by atoms with van der Waals surface area (Å²) in [4.78, 5) is 2.32. The van der Waals surface area contributed by atoms with Crippen LogP contribution in [0.3, 0.4) is 0 Å². The normalized spacial score (nSPS) is 30.1. The van der Waals surface area contributed by atoms with Gasteiger partial charge in [-0.25, -0.2) is 0 Å². The number of likely N-dealkylation sites (N-methyl/N-ethyl adjacent to an activating group) is 1. The number of ether oxygens (including phenoxy) is 3. The van der Waals surface area contributed by atoms with Crippen molar-refractivity contribution in [2.45, 2.75) is 37.3 Å². The molecule has 1 aliphatic heterocycles. The van der Waals surface area contributed by atoms with E-state index < -0.39 is 0 Å². The van der Waals surface area contributed by atoms with Gasteiger partial charge in [-0.05, 0) is 57.1 Å². The Morgan fingerprint density at radius 2 is 1.96 bits per heavy atom. The Hall–Kier alpha value is -1.94. The molecular formula is C20H25NO3. The Kier molecular flexibility index (Phi) is 3.43. The molecule has 0 fully saturated rings. The number of benzene rings is 1. The molecule has 0 amide bonds. The van der Waals surface area contributed by atoms with E-state index in [0.29, 0.717) is 6.04 Å². The second-order valence-corrected chi connectivity index (χ2v) is 7.22. The van der Waals surface area contributed by atoms with Crippen molar-refractivity contribution >= 4 is 0 Å². The van der Waals surface area contributed by atoms with Crippen LogP contribution in [0.5, 0.6) is 11.5 Å². The monoisotopic (exact) mass is 327 g/mol. The first kappa shape index (κ1) is 15.6. The highest BCUT2D eigenvalue weighted by molar-refractivity contribution is 5.65. The third-order valence-electron chi connectivity index (χ3n) is 5.85. The Morgan fingerprint density at radius 3 is 2.62 bits per heavy atom. The first-order valence-electron chi connectivity index (χ1n) is 8.50. The van der Waals surface area contributed by atoms with Gasteiger partial charge >= 0.3 is 0 Å². The van der Waals surface area contributed by atoms with E-state index in [0.717, 1.165) is 30.1 Å². The number of nitrogens with zero attached hydrogens (tertiary/aromatic N) is 1. The van der Waals surface area contributed by atoms with Crippen LogP contribution in [-0.2, 0) is 16.6 Å². The second-order valence-electron chi connectivity index (χ2n) is 7.22. The number of hydrogen-bond acceptors (Lipinski definition) is 4. The van der Waals surface area contributed by atoms with Crippen molar-refractivity contribution < 1.29 is 14.2 Å². The van der Waals surface area contributed by atoms with Crippen molar-refractivity contribution in [1.82, 2.24) is 4.90 Å². The van der Waals surface area contributed by atoms with Crippen LogP contribution in [0.15, 0.2) is 35.6 Å². The van der Waals surface area contributed by atoms with Gasteiger partial charge in [0.2, 0.25) is 0 Å². The number of rotatable bonds is 3. The van der Waals surface area contributed by atoms with Gasteiger partial charge < -0.3 is 19.1 Å². The molecule has 3 atom stereocenters. The summed E-state index contributed by atoms with van der Waals surface area (Å²) in [5.74, 6) is 2.60. The fourth-order valence-corrected chi connectivity index (χ4v) is 4.70. The Balaban J connectivity index is 2.00. The summed E-state index contributed by atoms with van der Waals surface area (Å²) < 4.78 is 17.8. The van der Waals surface area contributed by atoms with Gasteiger partial charge in [0.1, 0.15) is 5.76 Å². The van der Waals surface area contributed by atoms with Gasteiger partial charge in [-0.2, -0.15) is 0 Å². The predicted molar refractivity (Wildman–Crippen MR) is 93.7 cm³/mol. The lowest BCUT2D eigenvalue weighted by molar-refractivity contribution is 0.117. The number of hydrogen-bond donors (Lipinski definition) is 0. The third kappa shape index (κ3) is 1.83. The van der Waals surface area contributed by atoms with Gasteiger partial charge in [-0.3, -0.25) is 0 Å². The smallest absolute Gasteiger partial charge is 0.168 e. The van der Waals surface area contributed by atoms with E-state index in [1.807, 2.05) is 6.07 Å². The van der Waals surface area contributed by atoms with Crippen molar-refractivity contribution in [2.75, 3.05) is 28.3 Å². The summed E-state index contributed by atoms with van der Waals surface area (Å²) in [7, 11) is 7.75. The lowest BCUT2D eigenvalue weighted by Gasteiger charge is -2.43. The molecule has 2 aliphatic carbocycles. The van der Waals surface area contributed by atoms with Gasteiger partial charge in [-0.1, -0.05) is 12.1 Å². The van der Waals surface area contributed by atoms with Crippen molar-refractivity contribution in [2.24, 2.45) is 0 Å². The molecule has 1 heterocycles. The summed E-state index contributed by atoms with van der Waals surface area (Å²) in [5, 5.41) is 0. The van der Waals surface area contributed by atoms with Crippen molar-refractivity contribution in [1.29, 1.82) is 0 Å². The minimum Gasteiger partial charge on any atom is -0.497 e. The largest absolute Gasteiger partial charge is 0.497 e. The van der Waals surface area contributed by atoms with Crippen molar-refractivity contribution in [3.63, 3.8) is 0 Å². The predicted octanol–water partition coefficient (Wildman–Crippen LogP) is 3.06. The Bertz CT molecular complexity index is 749. The van der Waals surface area contributed by atoms with E-state index >= 15 is 0 Å². The molecule has 4 rings (SSSR count). The Labute approximate surface area is 143 Å². The molecule has 1 aromatic carbocycles. The standard InChI is InChI=1S/C20H25NO3/c1-20-13-7-6-8-16(23-5)19(20)24-18-15(22-4)10-9-12(17(18)20)11-14(13)21(2)3/h7-10,14,19H,6,11H2,1-5H3/t14-,19+,20+/m1/s1. The molecule has 0 saturated carbocycles. The molecule has 128 valence electrons. The van der Waals surface area contributed by atoms with E-state index in [2.05, 4.69) is 44.1 Å². The highest BCUT2D eigenvalue weighted by atomic mass is 16.6. The molecule has 24 heavy (non-hydrogen) atoms. The molecule has 3 aliphatic rings. The fraction of sp³-hybridized carbons (Fsp3) is 0.500. The van der Waals surface area contributed by atoms with E-state index in [-0.39, 0.29) is 11.5 Å². The van der Waals surface area contributed by atoms with E-state index in [1.165, 1.54) is 16.7 Å². The second kappa shape index (κ2) is 5.28. The van der Waals surface area contributed by atoms with Crippen LogP contribution < -0.4 is 9.47 Å². The zero-order chi connectivity index (χ0) is 17.1. The van der Waals surface area contributed by atoms with Crippen molar-refractivity contribution in [3.05, 3.63) is 46.7 Å². The summed E-state index contributed by atoms with van der Waals surface area (Å²) in [5.41, 5.74) is 3.84. The van der Waals surface area contributed by atoms with E-state index in [1.54, 1.807) is 14.2 Å². The molecule has 0 bridgehead atoms. The van der Waals surface area contributed by atoms with Crippen LogP contribution in [0.25, 0.3) is 0 Å². The summed E-state index contributed by atoms with van der Waals surface area (Å²) in [6.07, 6.45) is 6.26. The molecule has 4 nitrogen and oxygen atoms in total. The highest BCUT2D eigenvalue weighted by Gasteiger charge is 2.56. The van der Waals surface area contributed by atoms with Crippen molar-refractivity contribution in [3.8, 4) is 11.5 Å². The van der Waals surface area contributed by atoms with Crippen LogP contribution in [0.4, 0.5) is 0 Å². The van der Waals surface area contributed by atoms with Crippen LogP contribution in [-0.4, -0.2) is 45.4 Å². The van der Waals surface area contributed by atoms with Gasteiger partial charge in [0, 0.05) is 11.6 Å². The molecule has 4 heteroatoms. The first-order valence-corrected chi connectivity index (χ1v) is 8.50. The van der Waals surface area contributed by atoms with Crippen LogP contribution in [0, 0.1) is 0 Å². The van der Waals surface area contributed by atoms with Crippen LogP contribution in [0.1, 0.15) is 24.5 Å². The maximum absolute atomic E-state index is 6.46. The van der Waals surface area contributed by atoms with Gasteiger partial charge in [0.25, 0.3) is 0 Å². The maximum atomic E-state index is 6.46. The lowest BCUT2D eigenvalue weighted by atomic mass is 9.63. The molecular weight excluding hydrogens is 302 g/mol. The molecule has 0 radical (unpaired) electrons. The third-order valence-corrected chi connectivity index (χ3v) is 5.85. The van der Waals surface area contributed by atoms with Crippen LogP contribution >= 0.6 is 0 Å². The summed E-state index contributed by atoms with van der Waals surface area (Å²) in [6, 6.07) is 4.60. The summed E-state index contributed by atoms with van der Waals surface area (Å²) >= 11 is 0. The zero-order valence-electron chi connectivity index (χ0n) is 15.1. The SMILES string of the molecule is COC1=CCC=C2[C@H](N(C)C)Cc3ccc(OC)c4c3[C@@]2(C)[C@H]1O4. The topological polar surface area (TPSA) is 30.9 Å². The highest BCUT2D eigenvalue weighted by Crippen LogP contribution is 2.58. The van der Waals surface area contributed by atoms with Gasteiger partial charge in [0.15, 0.2) is 17.6 Å². The first-order chi connectivity index (χ1) is 11.5. The molecule has 0 aromatic heterocycles. The molecule has 0 saturated heterocycles. The molecule has 0 N–H and O–H groups in total. The molecule has 0 unspecified atom stereocenters. The average molecular weight is 327 g/mol. The maximum Gasteiger partial charge on any atom is 0.168 e. The minimum absolute atomic E-state index is 0.135. The lowest BCUT2D eigenvalue weighted by Crippen LogP contribution is -2.49. The minimum atomic E-state index is -0.218. The van der Waals surface area contributed by atoms with E-state index in [4.69, 9.17) is 14.2 Å². The summed E-state index contributed by atoms with van der Waals surface area (Å²) in [6.45, 7) is 2.30. The fourth-order valence-electron chi connectivity index (χ4n) is 4.70. The number of methoxy groups -OCH3 is 2. The Morgan fingerprint density at radius 1 is 1.17 bits per heavy atom. The van der Waals surface area contributed by atoms with Gasteiger partial charge in [0.05, 0.1) is 19.6 Å². The zero-order valence-corrected chi connectivity index (χ0v) is 15.1. The average Bonchev–Trinajstić information content (AvgIpc) is 2.80. The van der Waals surface area contributed by atoms with E-state index in [9.17, 15) is 0 Å². The van der Waals surface area contributed by atoms with Gasteiger partial charge in [-0.15, -0.1) is 0 Å². The molecule has 0 spiro atoms. The number of allylic oxidation sites excluding steroid dienone is 2. The van der Waals surface area contributed by atoms with Crippen LogP contribution in [0.2, 0.25) is 0 Å². The quantitative estimate of drug-likeness (QED) is 0.799. The molecule has 1 aromatic rings.